The number of rotatable bonds is 10. The molecule has 3 nitrogen and oxygen atoms in total. The Morgan fingerprint density at radius 3 is 2.67 bits per heavy atom. The lowest BCUT2D eigenvalue weighted by atomic mass is 10.0. The zero-order chi connectivity index (χ0) is 13.1. The summed E-state index contributed by atoms with van der Waals surface area (Å²) in [5.74, 6) is 5.61. The number of hydrogen-bond acceptors (Lipinski definition) is 3. The van der Waals surface area contributed by atoms with Crippen molar-refractivity contribution in [3.05, 3.63) is 30.1 Å². The summed E-state index contributed by atoms with van der Waals surface area (Å²) in [4.78, 5) is 4.13. The zero-order valence-electron chi connectivity index (χ0n) is 11.6. The Kier molecular flexibility index (Phi) is 8.43. The smallest absolute Gasteiger partial charge is 0.0300 e. The maximum Gasteiger partial charge on any atom is 0.0300 e. The maximum atomic E-state index is 5.61. The van der Waals surface area contributed by atoms with Crippen molar-refractivity contribution in [1.82, 2.24) is 10.4 Å². The minimum absolute atomic E-state index is 0.375. The first-order chi connectivity index (χ1) is 8.86. The number of nitrogens with two attached hydrogens (primary N) is 1. The van der Waals surface area contributed by atoms with Crippen LogP contribution in [-0.4, -0.2) is 11.0 Å². The Morgan fingerprint density at radius 2 is 2.00 bits per heavy atom. The topological polar surface area (TPSA) is 50.9 Å². The monoisotopic (exact) mass is 249 g/mol. The molecule has 0 saturated carbocycles. The molecule has 18 heavy (non-hydrogen) atoms. The molecule has 1 aromatic rings. The predicted octanol–water partition coefficient (Wildman–Crippen LogP) is 3.21. The molecule has 1 unspecified atom stereocenters. The Hall–Kier alpha value is -0.930. The average molecular weight is 249 g/mol. The van der Waals surface area contributed by atoms with Gasteiger partial charge < -0.3 is 0 Å². The largest absolute Gasteiger partial charge is 0.271 e. The molecule has 0 radical (unpaired) electrons. The third-order valence-electron chi connectivity index (χ3n) is 3.35. The Labute approximate surface area is 111 Å². The molecular formula is C15H27N3. The molecule has 1 aromatic heterocycles. The van der Waals surface area contributed by atoms with Crippen molar-refractivity contribution in [3.8, 4) is 0 Å². The standard InChI is InChI=1S/C15H27N3/c1-2-3-4-5-6-7-10-15(18-16)12-14-9-8-11-17-13-14/h8-9,11,13,15,18H,2-7,10,12,16H2,1H3. The van der Waals surface area contributed by atoms with E-state index in [1.165, 1.54) is 44.1 Å². The lowest BCUT2D eigenvalue weighted by Crippen LogP contribution is -2.36. The van der Waals surface area contributed by atoms with Crippen molar-refractivity contribution in [2.45, 2.75) is 64.3 Å². The summed E-state index contributed by atoms with van der Waals surface area (Å²) in [6.45, 7) is 2.25. The second kappa shape index (κ2) is 10.0. The van der Waals surface area contributed by atoms with Gasteiger partial charge in [0.05, 0.1) is 0 Å². The van der Waals surface area contributed by atoms with Crippen LogP contribution in [0.3, 0.4) is 0 Å². The van der Waals surface area contributed by atoms with Crippen LogP contribution in [0.15, 0.2) is 24.5 Å². The predicted molar refractivity (Wildman–Crippen MR) is 77.0 cm³/mol. The van der Waals surface area contributed by atoms with Gasteiger partial charge in [0.2, 0.25) is 0 Å². The van der Waals surface area contributed by atoms with E-state index in [-0.39, 0.29) is 0 Å². The fraction of sp³-hybridized carbons (Fsp3) is 0.667. The SMILES string of the molecule is CCCCCCCCC(Cc1cccnc1)NN. The molecule has 0 aliphatic rings. The normalized spacial score (nSPS) is 12.6. The van der Waals surface area contributed by atoms with E-state index >= 15 is 0 Å². The molecule has 0 amide bonds. The van der Waals surface area contributed by atoms with Crippen LogP contribution in [-0.2, 0) is 6.42 Å². The van der Waals surface area contributed by atoms with Gasteiger partial charge in [-0.3, -0.25) is 16.3 Å². The van der Waals surface area contributed by atoms with Gasteiger partial charge >= 0.3 is 0 Å². The van der Waals surface area contributed by atoms with Crippen molar-refractivity contribution >= 4 is 0 Å². The van der Waals surface area contributed by atoms with Crippen LogP contribution in [0.25, 0.3) is 0 Å². The summed E-state index contributed by atoms with van der Waals surface area (Å²) in [6, 6.07) is 4.46. The first kappa shape index (κ1) is 15.1. The highest BCUT2D eigenvalue weighted by Crippen LogP contribution is 2.11. The molecule has 0 bridgehead atoms. The number of nitrogens with zero attached hydrogens (tertiary/aromatic N) is 1. The van der Waals surface area contributed by atoms with E-state index in [9.17, 15) is 0 Å². The van der Waals surface area contributed by atoms with Crippen LogP contribution in [0.5, 0.6) is 0 Å². The quantitative estimate of drug-likeness (QED) is 0.380. The van der Waals surface area contributed by atoms with Gasteiger partial charge in [-0.2, -0.15) is 0 Å². The third kappa shape index (κ3) is 6.72. The number of hydrogen-bond donors (Lipinski definition) is 2. The van der Waals surface area contributed by atoms with Crippen molar-refractivity contribution in [3.63, 3.8) is 0 Å². The van der Waals surface area contributed by atoms with Crippen LogP contribution in [0, 0.1) is 0 Å². The summed E-state index contributed by atoms with van der Waals surface area (Å²) in [5, 5.41) is 0. The van der Waals surface area contributed by atoms with E-state index in [4.69, 9.17) is 5.84 Å². The van der Waals surface area contributed by atoms with Gasteiger partial charge in [-0.05, 0) is 24.5 Å². The van der Waals surface area contributed by atoms with Crippen molar-refractivity contribution in [2.75, 3.05) is 0 Å². The average Bonchev–Trinajstić information content (AvgIpc) is 2.42. The summed E-state index contributed by atoms with van der Waals surface area (Å²) in [7, 11) is 0. The van der Waals surface area contributed by atoms with E-state index in [2.05, 4.69) is 23.4 Å². The van der Waals surface area contributed by atoms with Crippen LogP contribution in [0.4, 0.5) is 0 Å². The third-order valence-corrected chi connectivity index (χ3v) is 3.35. The van der Waals surface area contributed by atoms with Gasteiger partial charge in [0.25, 0.3) is 0 Å². The molecule has 0 spiro atoms. The molecule has 0 aliphatic heterocycles. The Balaban J connectivity index is 2.14. The lowest BCUT2D eigenvalue weighted by molar-refractivity contribution is 0.459. The summed E-state index contributed by atoms with van der Waals surface area (Å²) >= 11 is 0. The minimum atomic E-state index is 0.375. The van der Waals surface area contributed by atoms with Crippen molar-refractivity contribution in [2.24, 2.45) is 5.84 Å². The number of hydrazine groups is 1. The van der Waals surface area contributed by atoms with Crippen molar-refractivity contribution in [1.29, 1.82) is 0 Å². The van der Waals surface area contributed by atoms with E-state index in [0.717, 1.165) is 12.8 Å². The molecule has 0 aromatic carbocycles. The Morgan fingerprint density at radius 1 is 1.22 bits per heavy atom. The minimum Gasteiger partial charge on any atom is -0.271 e. The van der Waals surface area contributed by atoms with Crippen LogP contribution >= 0.6 is 0 Å². The van der Waals surface area contributed by atoms with Gasteiger partial charge in [0.15, 0.2) is 0 Å². The number of pyridine rings is 1. The van der Waals surface area contributed by atoms with Crippen LogP contribution < -0.4 is 11.3 Å². The molecule has 0 saturated heterocycles. The first-order valence-corrected chi connectivity index (χ1v) is 7.21. The van der Waals surface area contributed by atoms with Gasteiger partial charge in [0, 0.05) is 18.4 Å². The number of nitrogens with one attached hydrogen (secondary N) is 1. The second-order valence-corrected chi connectivity index (χ2v) is 4.99. The van der Waals surface area contributed by atoms with E-state index in [1.54, 1.807) is 0 Å². The molecular weight excluding hydrogens is 222 g/mol. The van der Waals surface area contributed by atoms with Crippen LogP contribution in [0.1, 0.15) is 57.4 Å². The highest BCUT2D eigenvalue weighted by molar-refractivity contribution is 5.09. The lowest BCUT2D eigenvalue weighted by Gasteiger charge is -2.15. The van der Waals surface area contributed by atoms with Gasteiger partial charge in [-0.15, -0.1) is 0 Å². The number of unbranched alkanes of at least 4 members (excludes halogenated alkanes) is 5. The van der Waals surface area contributed by atoms with Gasteiger partial charge in [0.1, 0.15) is 0 Å². The van der Waals surface area contributed by atoms with E-state index < -0.39 is 0 Å². The van der Waals surface area contributed by atoms with Crippen molar-refractivity contribution < 1.29 is 0 Å². The fourth-order valence-corrected chi connectivity index (χ4v) is 2.22. The number of aromatic nitrogens is 1. The zero-order valence-corrected chi connectivity index (χ0v) is 11.6. The molecule has 1 atom stereocenters. The Bertz CT molecular complexity index is 287. The summed E-state index contributed by atoms with van der Waals surface area (Å²) < 4.78 is 0. The van der Waals surface area contributed by atoms with E-state index in [1.807, 2.05) is 18.5 Å². The molecule has 102 valence electrons. The summed E-state index contributed by atoms with van der Waals surface area (Å²) in [5.41, 5.74) is 4.18. The molecule has 0 fully saturated rings. The van der Waals surface area contributed by atoms with Gasteiger partial charge in [-0.1, -0.05) is 51.5 Å². The summed E-state index contributed by atoms with van der Waals surface area (Å²) in [6.07, 6.45) is 13.9. The second-order valence-electron chi connectivity index (χ2n) is 4.99. The van der Waals surface area contributed by atoms with E-state index in [0.29, 0.717) is 6.04 Å². The molecule has 1 rings (SSSR count). The highest BCUT2D eigenvalue weighted by Gasteiger charge is 2.07. The molecule has 3 N–H and O–H groups in total. The fourth-order valence-electron chi connectivity index (χ4n) is 2.22. The van der Waals surface area contributed by atoms with Crippen LogP contribution in [0.2, 0.25) is 0 Å². The molecule has 1 heterocycles. The molecule has 0 aliphatic carbocycles. The molecule has 3 heteroatoms. The highest BCUT2D eigenvalue weighted by atomic mass is 15.2. The first-order valence-electron chi connectivity index (χ1n) is 7.21. The maximum absolute atomic E-state index is 5.61. The van der Waals surface area contributed by atoms with Gasteiger partial charge in [-0.25, -0.2) is 0 Å².